The van der Waals surface area contributed by atoms with E-state index in [1.165, 1.54) is 12.8 Å². The van der Waals surface area contributed by atoms with Gasteiger partial charge in [-0.2, -0.15) is 11.8 Å². The highest BCUT2D eigenvalue weighted by atomic mass is 32.2. The number of aromatic nitrogens is 1. The lowest BCUT2D eigenvalue weighted by Gasteiger charge is -2.28. The highest BCUT2D eigenvalue weighted by Gasteiger charge is 2.23. The van der Waals surface area contributed by atoms with Crippen LogP contribution in [0.25, 0.3) is 0 Å². The van der Waals surface area contributed by atoms with Crippen molar-refractivity contribution in [2.45, 2.75) is 43.9 Å². The Morgan fingerprint density at radius 2 is 2.20 bits per heavy atom. The first kappa shape index (κ1) is 15.2. The molecule has 1 aliphatic carbocycles. The van der Waals surface area contributed by atoms with Crippen molar-refractivity contribution < 1.29 is 4.79 Å². The molecule has 1 aromatic rings. The highest BCUT2D eigenvalue weighted by Crippen LogP contribution is 2.27. The van der Waals surface area contributed by atoms with Gasteiger partial charge in [0.05, 0.1) is 0 Å². The summed E-state index contributed by atoms with van der Waals surface area (Å²) in [6.07, 6.45) is 6.79. The molecule has 20 heavy (non-hydrogen) atoms. The number of hydrogen-bond acceptors (Lipinski definition) is 4. The van der Waals surface area contributed by atoms with Crippen LogP contribution in [0, 0.1) is 6.92 Å². The number of aryl methyl sites for hydroxylation is 1. The second-order valence-corrected chi connectivity index (χ2v) is 6.47. The second-order valence-electron chi connectivity index (χ2n) is 5.33. The molecule has 0 spiro atoms. The zero-order valence-corrected chi connectivity index (χ0v) is 13.2. The maximum Gasteiger partial charge on any atom is 0.251 e. The topological polar surface area (TPSA) is 54.0 Å². The van der Waals surface area contributed by atoms with Crippen LogP contribution in [0.2, 0.25) is 0 Å². The maximum absolute atomic E-state index is 12.4. The molecular weight excluding hydrogens is 270 g/mol. The Hall–Kier alpha value is -1.23. The Morgan fingerprint density at radius 3 is 2.90 bits per heavy atom. The van der Waals surface area contributed by atoms with Gasteiger partial charge in [0.1, 0.15) is 5.82 Å². The van der Waals surface area contributed by atoms with E-state index in [-0.39, 0.29) is 5.91 Å². The number of hydrogen-bond donors (Lipinski definition) is 2. The lowest BCUT2D eigenvalue weighted by Crippen LogP contribution is -2.39. The molecule has 1 heterocycles. The fourth-order valence-electron chi connectivity index (χ4n) is 2.69. The average molecular weight is 293 g/mol. The van der Waals surface area contributed by atoms with Crippen molar-refractivity contribution in [1.29, 1.82) is 0 Å². The molecule has 0 aromatic carbocycles. The number of nitrogens with zero attached hydrogens (tertiary/aromatic N) is 1. The van der Waals surface area contributed by atoms with Gasteiger partial charge in [-0.05, 0) is 44.6 Å². The molecule has 5 heteroatoms. The summed E-state index contributed by atoms with van der Waals surface area (Å²) in [6.45, 7) is 1.90. The third-order valence-corrected chi connectivity index (χ3v) is 4.86. The monoisotopic (exact) mass is 293 g/mol. The molecule has 1 fully saturated rings. The molecule has 2 N–H and O–H groups in total. The minimum atomic E-state index is 0.0127. The third kappa shape index (κ3) is 3.88. The van der Waals surface area contributed by atoms with Gasteiger partial charge in [0, 0.05) is 29.6 Å². The SMILES string of the molecule is CNc1cc(C(=O)NC2CCCC(SC)C2)cc(C)n1. The Labute approximate surface area is 125 Å². The van der Waals surface area contributed by atoms with Gasteiger partial charge >= 0.3 is 0 Å². The van der Waals surface area contributed by atoms with E-state index in [9.17, 15) is 4.79 Å². The molecule has 4 nitrogen and oxygen atoms in total. The van der Waals surface area contributed by atoms with Gasteiger partial charge in [-0.3, -0.25) is 4.79 Å². The molecule has 0 saturated heterocycles. The molecule has 2 atom stereocenters. The molecule has 1 saturated carbocycles. The van der Waals surface area contributed by atoms with Crippen molar-refractivity contribution in [3.8, 4) is 0 Å². The van der Waals surface area contributed by atoms with E-state index in [1.807, 2.05) is 31.8 Å². The van der Waals surface area contributed by atoms with Crippen LogP contribution in [-0.2, 0) is 0 Å². The summed E-state index contributed by atoms with van der Waals surface area (Å²) in [7, 11) is 1.81. The molecular formula is C15H23N3OS. The van der Waals surface area contributed by atoms with Crippen LogP contribution in [0.15, 0.2) is 12.1 Å². The number of thioether (sulfide) groups is 1. The van der Waals surface area contributed by atoms with E-state index >= 15 is 0 Å². The fraction of sp³-hybridized carbons (Fsp3) is 0.600. The summed E-state index contributed by atoms with van der Waals surface area (Å²) in [4.78, 5) is 16.7. The van der Waals surface area contributed by atoms with Crippen LogP contribution in [0.4, 0.5) is 5.82 Å². The molecule has 1 aromatic heterocycles. The summed E-state index contributed by atoms with van der Waals surface area (Å²) < 4.78 is 0. The van der Waals surface area contributed by atoms with Crippen molar-refractivity contribution in [3.63, 3.8) is 0 Å². The Morgan fingerprint density at radius 1 is 1.40 bits per heavy atom. The highest BCUT2D eigenvalue weighted by molar-refractivity contribution is 7.99. The summed E-state index contributed by atoms with van der Waals surface area (Å²) in [6, 6.07) is 3.95. The number of anilines is 1. The molecule has 0 aliphatic heterocycles. The van der Waals surface area contributed by atoms with Crippen LogP contribution >= 0.6 is 11.8 Å². The lowest BCUT2D eigenvalue weighted by atomic mass is 9.94. The standard InChI is InChI=1S/C15H23N3OS/c1-10-7-11(8-14(16-2)17-10)15(19)18-12-5-4-6-13(9-12)20-3/h7-8,12-13H,4-6,9H2,1-3H3,(H,16,17)(H,18,19). The van der Waals surface area contributed by atoms with Gasteiger partial charge < -0.3 is 10.6 Å². The molecule has 1 aliphatic rings. The number of rotatable bonds is 4. The minimum Gasteiger partial charge on any atom is -0.373 e. The van der Waals surface area contributed by atoms with Crippen LogP contribution in [0.3, 0.4) is 0 Å². The Bertz CT molecular complexity index is 478. The zero-order valence-electron chi connectivity index (χ0n) is 12.4. The van der Waals surface area contributed by atoms with E-state index in [4.69, 9.17) is 0 Å². The van der Waals surface area contributed by atoms with Crippen molar-refractivity contribution in [2.24, 2.45) is 0 Å². The normalized spacial score (nSPS) is 22.4. The Kier molecular flexibility index (Phi) is 5.29. The molecule has 2 rings (SSSR count). The van der Waals surface area contributed by atoms with Gasteiger partial charge in [-0.15, -0.1) is 0 Å². The number of carbonyl (C=O) groups excluding carboxylic acids is 1. The smallest absolute Gasteiger partial charge is 0.251 e. The quantitative estimate of drug-likeness (QED) is 0.896. The summed E-state index contributed by atoms with van der Waals surface area (Å²) >= 11 is 1.91. The summed E-state index contributed by atoms with van der Waals surface area (Å²) in [5, 5.41) is 6.84. The van der Waals surface area contributed by atoms with Crippen LogP contribution in [0.1, 0.15) is 41.7 Å². The predicted molar refractivity (Wildman–Crippen MR) is 85.5 cm³/mol. The summed E-state index contributed by atoms with van der Waals surface area (Å²) in [5.41, 5.74) is 1.54. The average Bonchev–Trinajstić information content (AvgIpc) is 2.46. The number of nitrogens with one attached hydrogen (secondary N) is 2. The van der Waals surface area contributed by atoms with E-state index < -0.39 is 0 Å². The van der Waals surface area contributed by atoms with Crippen LogP contribution < -0.4 is 10.6 Å². The summed E-state index contributed by atoms with van der Waals surface area (Å²) in [5.74, 6) is 0.750. The van der Waals surface area contributed by atoms with Crippen molar-refractivity contribution in [1.82, 2.24) is 10.3 Å². The van der Waals surface area contributed by atoms with Crippen molar-refractivity contribution >= 4 is 23.5 Å². The minimum absolute atomic E-state index is 0.0127. The Balaban J connectivity index is 2.02. The van der Waals surface area contributed by atoms with Gasteiger partial charge in [0.25, 0.3) is 5.91 Å². The van der Waals surface area contributed by atoms with Crippen LogP contribution in [-0.4, -0.2) is 35.5 Å². The number of carbonyl (C=O) groups is 1. The van der Waals surface area contributed by atoms with E-state index in [0.717, 1.165) is 24.4 Å². The number of pyridine rings is 1. The molecule has 110 valence electrons. The third-order valence-electron chi connectivity index (χ3n) is 3.77. The predicted octanol–water partition coefficient (Wildman–Crippen LogP) is 2.84. The van der Waals surface area contributed by atoms with Gasteiger partial charge in [0.15, 0.2) is 0 Å². The molecule has 0 bridgehead atoms. The van der Waals surface area contributed by atoms with Crippen LogP contribution in [0.5, 0.6) is 0 Å². The first-order valence-electron chi connectivity index (χ1n) is 7.12. The largest absolute Gasteiger partial charge is 0.373 e. The maximum atomic E-state index is 12.4. The molecule has 2 unspecified atom stereocenters. The van der Waals surface area contributed by atoms with Crippen molar-refractivity contribution in [2.75, 3.05) is 18.6 Å². The lowest BCUT2D eigenvalue weighted by molar-refractivity contribution is 0.0928. The van der Waals surface area contributed by atoms with E-state index in [2.05, 4.69) is 21.9 Å². The van der Waals surface area contributed by atoms with Gasteiger partial charge in [-0.25, -0.2) is 4.98 Å². The first-order chi connectivity index (χ1) is 9.62. The molecule has 0 radical (unpaired) electrons. The van der Waals surface area contributed by atoms with Gasteiger partial charge in [-0.1, -0.05) is 6.42 Å². The van der Waals surface area contributed by atoms with Gasteiger partial charge in [0.2, 0.25) is 0 Å². The number of amides is 1. The zero-order chi connectivity index (χ0) is 14.5. The first-order valence-corrected chi connectivity index (χ1v) is 8.41. The second kappa shape index (κ2) is 6.97. The van der Waals surface area contributed by atoms with E-state index in [1.54, 1.807) is 6.07 Å². The van der Waals surface area contributed by atoms with Crippen molar-refractivity contribution in [3.05, 3.63) is 23.4 Å². The fourth-order valence-corrected chi connectivity index (χ4v) is 3.51. The van der Waals surface area contributed by atoms with E-state index in [0.29, 0.717) is 16.9 Å². The molecule has 1 amide bonds.